The van der Waals surface area contributed by atoms with Gasteiger partial charge in [-0.05, 0) is 49.4 Å². The zero-order chi connectivity index (χ0) is 20.9. The molecular formula is C26H29ClN2O2. The Balaban J connectivity index is 0.00000272. The highest BCUT2D eigenvalue weighted by molar-refractivity contribution is 5.85. The highest BCUT2D eigenvalue weighted by Crippen LogP contribution is 2.31. The van der Waals surface area contributed by atoms with Crippen molar-refractivity contribution < 1.29 is 9.84 Å². The number of aromatic nitrogens is 1. The highest BCUT2D eigenvalue weighted by Gasteiger charge is 2.23. The quantitative estimate of drug-likeness (QED) is 0.390. The summed E-state index contributed by atoms with van der Waals surface area (Å²) in [6.07, 6.45) is 1.47. The molecule has 0 saturated heterocycles. The van der Waals surface area contributed by atoms with Crippen LogP contribution in [0.15, 0.2) is 91.1 Å². The Morgan fingerprint density at radius 3 is 2.19 bits per heavy atom. The van der Waals surface area contributed by atoms with Gasteiger partial charge in [-0.1, -0.05) is 60.7 Å². The minimum absolute atomic E-state index is 0. The van der Waals surface area contributed by atoms with E-state index in [1.807, 2.05) is 55.7 Å². The molecule has 0 bridgehead atoms. The van der Waals surface area contributed by atoms with Gasteiger partial charge in [0.1, 0.15) is 11.9 Å². The first-order valence-electron chi connectivity index (χ1n) is 10.4. The number of likely N-dealkylation sites (N-methyl/N-ethyl adjacent to an activating group) is 1. The Morgan fingerprint density at radius 1 is 0.903 bits per heavy atom. The summed E-state index contributed by atoms with van der Waals surface area (Å²) in [5.74, 6) is 0.837. The number of nitrogens with one attached hydrogen (secondary N) is 1. The van der Waals surface area contributed by atoms with Crippen LogP contribution in [0.5, 0.6) is 5.75 Å². The molecule has 4 nitrogen and oxygen atoms in total. The molecule has 1 heterocycles. The van der Waals surface area contributed by atoms with E-state index in [1.54, 1.807) is 0 Å². The van der Waals surface area contributed by atoms with Crippen LogP contribution in [0.2, 0.25) is 0 Å². The van der Waals surface area contributed by atoms with Gasteiger partial charge < -0.3 is 19.7 Å². The average Bonchev–Trinajstić information content (AvgIpc) is 3.18. The van der Waals surface area contributed by atoms with Crippen molar-refractivity contribution in [3.05, 3.63) is 102 Å². The molecule has 0 aliphatic heterocycles. The Kier molecular flexibility index (Phi) is 7.75. The van der Waals surface area contributed by atoms with E-state index in [1.165, 1.54) is 0 Å². The number of hydrogen-bond donors (Lipinski definition) is 2. The topological polar surface area (TPSA) is 46.4 Å². The summed E-state index contributed by atoms with van der Waals surface area (Å²) in [5.41, 5.74) is 3.30. The van der Waals surface area contributed by atoms with Crippen LogP contribution in [0, 0.1) is 0 Å². The van der Waals surface area contributed by atoms with Gasteiger partial charge in [0.05, 0.1) is 12.1 Å². The zero-order valence-corrected chi connectivity index (χ0v) is 18.6. The largest absolute Gasteiger partial charge is 0.486 e. The molecule has 0 radical (unpaired) electrons. The van der Waals surface area contributed by atoms with Gasteiger partial charge in [0.15, 0.2) is 0 Å². The molecule has 3 aromatic carbocycles. The van der Waals surface area contributed by atoms with E-state index in [4.69, 9.17) is 4.74 Å². The number of fused-ring (bicyclic) bond motifs is 1. The number of halogens is 1. The predicted molar refractivity (Wildman–Crippen MR) is 129 cm³/mol. The molecule has 0 aliphatic carbocycles. The molecule has 2 N–H and O–H groups in total. The van der Waals surface area contributed by atoms with Crippen LogP contribution in [0.1, 0.15) is 30.2 Å². The molecule has 3 atom stereocenters. The lowest BCUT2D eigenvalue weighted by atomic mass is 10.0. The Morgan fingerprint density at radius 2 is 1.55 bits per heavy atom. The zero-order valence-electron chi connectivity index (χ0n) is 17.8. The summed E-state index contributed by atoms with van der Waals surface area (Å²) in [4.78, 5) is 0. The van der Waals surface area contributed by atoms with Crippen LogP contribution in [0.25, 0.3) is 10.9 Å². The fraction of sp³-hybridized carbons (Fsp3) is 0.231. The van der Waals surface area contributed by atoms with Gasteiger partial charge in [-0.3, -0.25) is 0 Å². The van der Waals surface area contributed by atoms with E-state index >= 15 is 0 Å². The maximum atomic E-state index is 10.9. The summed E-state index contributed by atoms with van der Waals surface area (Å²) in [7, 11) is 1.86. The lowest BCUT2D eigenvalue weighted by molar-refractivity contribution is 0.132. The summed E-state index contributed by atoms with van der Waals surface area (Å²) in [5, 5.41) is 15.1. The van der Waals surface area contributed by atoms with Gasteiger partial charge in [-0.15, -0.1) is 12.4 Å². The maximum Gasteiger partial charge on any atom is 0.121 e. The van der Waals surface area contributed by atoms with Crippen molar-refractivity contribution in [3.63, 3.8) is 0 Å². The Bertz CT molecular complexity index is 1080. The Hall–Kier alpha value is -2.79. The van der Waals surface area contributed by atoms with Crippen molar-refractivity contribution in [2.45, 2.75) is 25.2 Å². The molecule has 1 aromatic heterocycles. The molecule has 0 amide bonds. The van der Waals surface area contributed by atoms with Crippen molar-refractivity contribution in [1.82, 2.24) is 9.88 Å². The number of benzene rings is 3. The van der Waals surface area contributed by atoms with E-state index in [9.17, 15) is 5.11 Å². The van der Waals surface area contributed by atoms with Gasteiger partial charge in [0.25, 0.3) is 0 Å². The predicted octanol–water partition coefficient (Wildman–Crippen LogP) is 5.37. The molecule has 5 heteroatoms. The van der Waals surface area contributed by atoms with Crippen LogP contribution in [-0.4, -0.2) is 29.4 Å². The minimum atomic E-state index is -0.554. The smallest absolute Gasteiger partial charge is 0.121 e. The van der Waals surface area contributed by atoms with Crippen molar-refractivity contribution in [2.24, 2.45) is 0 Å². The maximum absolute atomic E-state index is 10.9. The van der Waals surface area contributed by atoms with E-state index in [0.29, 0.717) is 6.54 Å². The fourth-order valence-corrected chi connectivity index (χ4v) is 3.99. The number of aliphatic hydroxyl groups is 1. The average molecular weight is 437 g/mol. The number of rotatable bonds is 8. The first-order chi connectivity index (χ1) is 14.7. The normalized spacial score (nSPS) is 13.9. The van der Waals surface area contributed by atoms with Crippen LogP contribution in [-0.2, 0) is 0 Å². The van der Waals surface area contributed by atoms with Crippen molar-refractivity contribution in [1.29, 1.82) is 0 Å². The van der Waals surface area contributed by atoms with Crippen molar-refractivity contribution >= 4 is 23.3 Å². The second kappa shape index (κ2) is 10.5. The van der Waals surface area contributed by atoms with Crippen LogP contribution in [0.4, 0.5) is 0 Å². The van der Waals surface area contributed by atoms with Gasteiger partial charge >= 0.3 is 0 Å². The second-order valence-electron chi connectivity index (χ2n) is 7.59. The van der Waals surface area contributed by atoms with Gasteiger partial charge in [0, 0.05) is 23.6 Å². The van der Waals surface area contributed by atoms with Gasteiger partial charge in [-0.2, -0.15) is 0 Å². The van der Waals surface area contributed by atoms with Crippen molar-refractivity contribution in [3.8, 4) is 5.75 Å². The molecule has 0 aliphatic rings. The summed E-state index contributed by atoms with van der Waals surface area (Å²) >= 11 is 0. The van der Waals surface area contributed by atoms with Crippen molar-refractivity contribution in [2.75, 3.05) is 13.6 Å². The standard InChI is InChI=1S/C26H28N2O2.ClH/c1-19(20-9-5-3-6-10-20)30-23-13-14-24-22(17-23)15-16-28(24)26(25(29)18-27-2)21-11-7-4-8-12-21;/h3-17,19,25-27,29H,18H2,1-2H3;1H/t19?,25-,26+;/m1./s1. The molecule has 31 heavy (non-hydrogen) atoms. The first-order valence-corrected chi connectivity index (χ1v) is 10.4. The third-order valence-corrected chi connectivity index (χ3v) is 5.49. The van der Waals surface area contributed by atoms with E-state index in [-0.39, 0.29) is 24.6 Å². The van der Waals surface area contributed by atoms with Crippen LogP contribution >= 0.6 is 12.4 Å². The number of nitrogens with zero attached hydrogens (tertiary/aromatic N) is 1. The molecule has 0 saturated carbocycles. The lowest BCUT2D eigenvalue weighted by Gasteiger charge is -2.26. The SMILES string of the molecule is CNC[C@@H](O)[C@H](c1ccccc1)n1ccc2cc(OC(C)c3ccccc3)ccc21.Cl. The van der Waals surface area contributed by atoms with Crippen LogP contribution < -0.4 is 10.1 Å². The molecule has 0 spiro atoms. The number of ether oxygens (including phenoxy) is 1. The summed E-state index contributed by atoms with van der Waals surface area (Å²) < 4.78 is 8.33. The lowest BCUT2D eigenvalue weighted by Crippen LogP contribution is -2.33. The highest BCUT2D eigenvalue weighted by atomic mass is 35.5. The number of aliphatic hydroxyl groups excluding tert-OH is 1. The third-order valence-electron chi connectivity index (χ3n) is 5.49. The molecular weight excluding hydrogens is 408 g/mol. The monoisotopic (exact) mass is 436 g/mol. The van der Waals surface area contributed by atoms with E-state index < -0.39 is 6.10 Å². The molecule has 4 aromatic rings. The summed E-state index contributed by atoms with van der Waals surface area (Å²) in [6.45, 7) is 2.57. The van der Waals surface area contributed by atoms with E-state index in [2.05, 4.69) is 59.3 Å². The molecule has 4 rings (SSSR count). The summed E-state index contributed by atoms with van der Waals surface area (Å²) in [6, 6.07) is 28.4. The molecule has 0 fully saturated rings. The Labute approximate surface area is 189 Å². The third kappa shape index (κ3) is 5.10. The van der Waals surface area contributed by atoms with Gasteiger partial charge in [0.2, 0.25) is 0 Å². The van der Waals surface area contributed by atoms with Gasteiger partial charge in [-0.25, -0.2) is 0 Å². The molecule has 162 valence electrons. The minimum Gasteiger partial charge on any atom is -0.486 e. The molecule has 1 unspecified atom stereocenters. The number of hydrogen-bond acceptors (Lipinski definition) is 3. The van der Waals surface area contributed by atoms with E-state index in [0.717, 1.165) is 27.8 Å². The second-order valence-corrected chi connectivity index (χ2v) is 7.59. The van der Waals surface area contributed by atoms with Crippen LogP contribution in [0.3, 0.4) is 0 Å². The first kappa shape index (κ1) is 22.9. The fourth-order valence-electron chi connectivity index (χ4n) is 3.99.